The first kappa shape index (κ1) is 25.2. The number of anilines is 1. The van der Waals surface area contributed by atoms with E-state index in [1.807, 2.05) is 0 Å². The van der Waals surface area contributed by atoms with Crippen molar-refractivity contribution in [2.45, 2.75) is 0 Å². The smallest absolute Gasteiger partial charge is 0.271 e. The van der Waals surface area contributed by atoms with E-state index < -0.39 is 0 Å². The molecule has 0 bridgehead atoms. The van der Waals surface area contributed by atoms with Crippen LogP contribution < -0.4 is 14.4 Å². The van der Waals surface area contributed by atoms with Crippen molar-refractivity contribution in [2.24, 2.45) is 4.99 Å². The number of halogens is 3. The Morgan fingerprint density at radius 2 is 1.69 bits per heavy atom. The molecule has 0 N–H and O–H groups in total. The Balaban J connectivity index is 1.75. The van der Waals surface area contributed by atoms with Gasteiger partial charge >= 0.3 is 0 Å². The van der Waals surface area contributed by atoms with Gasteiger partial charge in [-0.1, -0.05) is 47.5 Å². The average Bonchev–Trinajstić information content (AvgIpc) is 3.14. The second kappa shape index (κ2) is 11.2. The van der Waals surface area contributed by atoms with Crippen molar-refractivity contribution in [3.05, 3.63) is 98.9 Å². The van der Waals surface area contributed by atoms with Crippen LogP contribution in [-0.4, -0.2) is 24.8 Å². The summed E-state index contributed by atoms with van der Waals surface area (Å²) in [5.74, 6) is 0.632. The minimum Gasteiger partial charge on any atom is -0.493 e. The van der Waals surface area contributed by atoms with E-state index >= 15 is 0 Å². The SMILES string of the molecule is C=CCOc1c(Cl)cc(/C=C2\SC(=Nc3ccc(Cl)cc3)N(c3ccc(Cl)cc3)C2=O)cc1OC. The summed E-state index contributed by atoms with van der Waals surface area (Å²) >= 11 is 19.8. The molecule has 0 radical (unpaired) electrons. The molecule has 1 aliphatic heterocycles. The molecule has 1 fully saturated rings. The molecule has 0 unspecified atom stereocenters. The third-order valence-electron chi connectivity index (χ3n) is 4.84. The van der Waals surface area contributed by atoms with Gasteiger partial charge in [0.25, 0.3) is 5.91 Å². The topological polar surface area (TPSA) is 51.1 Å². The molecule has 1 saturated heterocycles. The standard InChI is InChI=1S/C26H19Cl3N2O3S/c1-3-12-34-24-21(29)13-16(14-22(24)33-2)15-23-25(32)31(20-10-6-18(28)7-11-20)26(35-23)30-19-8-4-17(27)5-9-19/h3-11,13-15H,1,12H2,2H3/b23-15-,30-26?. The summed E-state index contributed by atoms with van der Waals surface area (Å²) in [5, 5.41) is 2.03. The fraction of sp³-hybridized carbons (Fsp3) is 0.0769. The van der Waals surface area contributed by atoms with Gasteiger partial charge in [-0.2, -0.15) is 0 Å². The number of amidine groups is 1. The van der Waals surface area contributed by atoms with Crippen LogP contribution in [0.3, 0.4) is 0 Å². The molecule has 5 nitrogen and oxygen atoms in total. The Kier molecular flexibility index (Phi) is 8.08. The van der Waals surface area contributed by atoms with E-state index in [2.05, 4.69) is 6.58 Å². The van der Waals surface area contributed by atoms with Crippen molar-refractivity contribution >= 4 is 75.1 Å². The lowest BCUT2D eigenvalue weighted by Crippen LogP contribution is -2.28. The van der Waals surface area contributed by atoms with Crippen LogP contribution in [0.2, 0.25) is 15.1 Å². The molecule has 1 heterocycles. The largest absolute Gasteiger partial charge is 0.493 e. The highest BCUT2D eigenvalue weighted by molar-refractivity contribution is 8.19. The zero-order valence-corrected chi connectivity index (χ0v) is 21.6. The molecule has 9 heteroatoms. The van der Waals surface area contributed by atoms with E-state index in [0.717, 1.165) is 0 Å². The van der Waals surface area contributed by atoms with E-state index in [9.17, 15) is 4.79 Å². The Bertz CT molecular complexity index is 1320. The second-order valence-electron chi connectivity index (χ2n) is 7.23. The van der Waals surface area contributed by atoms with E-state index in [0.29, 0.717) is 53.6 Å². The molecule has 0 saturated carbocycles. The molecule has 3 aromatic carbocycles. The minimum absolute atomic E-state index is 0.230. The summed E-state index contributed by atoms with van der Waals surface area (Å²) in [7, 11) is 1.53. The number of benzene rings is 3. The molecule has 0 spiro atoms. The quantitative estimate of drug-likeness (QED) is 0.223. The number of ether oxygens (including phenoxy) is 2. The normalized spacial score (nSPS) is 15.7. The van der Waals surface area contributed by atoms with E-state index in [1.165, 1.54) is 18.9 Å². The summed E-state index contributed by atoms with van der Waals surface area (Å²) in [5.41, 5.74) is 1.99. The van der Waals surface area contributed by atoms with Gasteiger partial charge in [0.1, 0.15) is 6.61 Å². The lowest BCUT2D eigenvalue weighted by Gasteiger charge is -2.15. The number of nitrogens with zero attached hydrogens (tertiary/aromatic N) is 2. The molecule has 4 rings (SSSR count). The molecule has 178 valence electrons. The molecular weight excluding hydrogens is 527 g/mol. The van der Waals surface area contributed by atoms with Gasteiger partial charge in [0, 0.05) is 10.0 Å². The molecule has 0 atom stereocenters. The van der Waals surface area contributed by atoms with Crippen molar-refractivity contribution in [3.8, 4) is 11.5 Å². The lowest BCUT2D eigenvalue weighted by molar-refractivity contribution is -0.113. The number of carbonyl (C=O) groups excluding carboxylic acids is 1. The predicted octanol–water partition coefficient (Wildman–Crippen LogP) is 8.03. The summed E-state index contributed by atoms with van der Waals surface area (Å²) in [6.07, 6.45) is 3.36. The van der Waals surface area contributed by atoms with Gasteiger partial charge in [0.15, 0.2) is 16.7 Å². The maximum atomic E-state index is 13.5. The molecule has 0 aliphatic carbocycles. The summed E-state index contributed by atoms with van der Waals surface area (Å²) in [4.78, 5) is 20.2. The van der Waals surface area contributed by atoms with Crippen LogP contribution in [0.25, 0.3) is 6.08 Å². The Hall–Kier alpha value is -2.90. The number of aliphatic imine (C=N–C) groups is 1. The lowest BCUT2D eigenvalue weighted by atomic mass is 10.1. The fourth-order valence-corrected chi connectivity index (χ4v) is 4.78. The minimum atomic E-state index is -0.230. The highest BCUT2D eigenvalue weighted by atomic mass is 35.5. The highest BCUT2D eigenvalue weighted by Crippen LogP contribution is 2.40. The molecular formula is C26H19Cl3N2O3S. The van der Waals surface area contributed by atoms with Crippen molar-refractivity contribution < 1.29 is 14.3 Å². The monoisotopic (exact) mass is 544 g/mol. The Morgan fingerprint density at radius 1 is 1.03 bits per heavy atom. The highest BCUT2D eigenvalue weighted by Gasteiger charge is 2.35. The molecule has 35 heavy (non-hydrogen) atoms. The number of hydrogen-bond acceptors (Lipinski definition) is 5. The molecule has 0 aromatic heterocycles. The van der Waals surface area contributed by atoms with Crippen LogP contribution in [0, 0.1) is 0 Å². The van der Waals surface area contributed by atoms with Crippen molar-refractivity contribution in [2.75, 3.05) is 18.6 Å². The number of amides is 1. The molecule has 3 aromatic rings. The van der Waals surface area contributed by atoms with Gasteiger partial charge in [-0.15, -0.1) is 0 Å². The predicted molar refractivity (Wildman–Crippen MR) is 147 cm³/mol. The summed E-state index contributed by atoms with van der Waals surface area (Å²) in [6, 6.07) is 17.5. The first-order chi connectivity index (χ1) is 16.9. The first-order valence-corrected chi connectivity index (χ1v) is 12.3. The van der Waals surface area contributed by atoms with Crippen molar-refractivity contribution in [3.63, 3.8) is 0 Å². The van der Waals surface area contributed by atoms with E-state index in [-0.39, 0.29) is 12.5 Å². The number of rotatable bonds is 7. The van der Waals surface area contributed by atoms with Gasteiger partial charge in [-0.25, -0.2) is 4.99 Å². The molecule has 1 amide bonds. The van der Waals surface area contributed by atoms with Gasteiger partial charge in [0.2, 0.25) is 0 Å². The second-order valence-corrected chi connectivity index (χ2v) is 9.52. The maximum absolute atomic E-state index is 13.5. The molecule has 1 aliphatic rings. The van der Waals surface area contributed by atoms with Gasteiger partial charge in [-0.05, 0) is 84.1 Å². The van der Waals surface area contributed by atoms with Crippen molar-refractivity contribution in [1.82, 2.24) is 0 Å². The average molecular weight is 546 g/mol. The first-order valence-electron chi connectivity index (χ1n) is 10.3. The van der Waals surface area contributed by atoms with Crippen LogP contribution >= 0.6 is 46.6 Å². The third kappa shape index (κ3) is 5.85. The van der Waals surface area contributed by atoms with Gasteiger partial charge in [-0.3, -0.25) is 9.69 Å². The van der Waals surface area contributed by atoms with Crippen LogP contribution in [0.1, 0.15) is 5.56 Å². The maximum Gasteiger partial charge on any atom is 0.271 e. The third-order valence-corrected chi connectivity index (χ3v) is 6.59. The summed E-state index contributed by atoms with van der Waals surface area (Å²) < 4.78 is 11.1. The van der Waals surface area contributed by atoms with Crippen LogP contribution in [0.4, 0.5) is 11.4 Å². The van der Waals surface area contributed by atoms with E-state index in [1.54, 1.807) is 77.7 Å². The Labute approximate surface area is 222 Å². The number of carbonyl (C=O) groups is 1. The summed E-state index contributed by atoms with van der Waals surface area (Å²) in [6.45, 7) is 3.93. The Morgan fingerprint density at radius 3 is 2.31 bits per heavy atom. The van der Waals surface area contributed by atoms with Crippen LogP contribution in [0.5, 0.6) is 11.5 Å². The van der Waals surface area contributed by atoms with Gasteiger partial charge in [0.05, 0.1) is 28.4 Å². The number of thioether (sulfide) groups is 1. The van der Waals surface area contributed by atoms with Crippen molar-refractivity contribution in [1.29, 1.82) is 0 Å². The van der Waals surface area contributed by atoms with Crippen LogP contribution in [-0.2, 0) is 4.79 Å². The fourth-order valence-electron chi connectivity index (χ4n) is 3.25. The number of methoxy groups -OCH3 is 1. The zero-order chi connectivity index (χ0) is 24.9. The number of hydrogen-bond donors (Lipinski definition) is 0. The zero-order valence-electron chi connectivity index (χ0n) is 18.5. The van der Waals surface area contributed by atoms with Gasteiger partial charge < -0.3 is 9.47 Å². The van der Waals surface area contributed by atoms with Crippen LogP contribution in [0.15, 0.2) is 83.2 Å². The van der Waals surface area contributed by atoms with E-state index in [4.69, 9.17) is 49.3 Å².